The number of hydrogen-bond acceptors (Lipinski definition) is 7. The molecule has 1 rings (SSSR count). The highest BCUT2D eigenvalue weighted by Gasteiger charge is 2.44. The summed E-state index contributed by atoms with van der Waals surface area (Å²) >= 11 is 0. The van der Waals surface area contributed by atoms with Crippen LogP contribution in [0, 0.1) is 0 Å². The number of nitrogens with zero attached hydrogens (tertiary/aromatic N) is 2. The minimum Gasteiger partial charge on any atom is -0.444 e. The summed E-state index contributed by atoms with van der Waals surface area (Å²) in [5, 5.41) is 0. The Kier molecular flexibility index (Phi) is 6.76. The minimum atomic E-state index is -0.853. The molecule has 0 aromatic heterocycles. The summed E-state index contributed by atoms with van der Waals surface area (Å²) in [5.74, 6) is -0.639. The molecule has 2 atom stereocenters. The quantitative estimate of drug-likeness (QED) is 0.742. The summed E-state index contributed by atoms with van der Waals surface area (Å²) in [6.07, 6.45) is -0.826. The summed E-state index contributed by atoms with van der Waals surface area (Å²) in [6, 6.07) is -1.52. The zero-order valence-corrected chi connectivity index (χ0v) is 16.3. The van der Waals surface area contributed by atoms with Gasteiger partial charge in [0.05, 0.1) is 18.6 Å². The molecule has 1 aliphatic rings. The lowest BCUT2D eigenvalue weighted by Crippen LogP contribution is -2.50. The maximum absolute atomic E-state index is 12.5. The number of likely N-dealkylation sites (tertiary alicyclic amines) is 1. The molecule has 1 heterocycles. The van der Waals surface area contributed by atoms with Crippen molar-refractivity contribution in [2.75, 3.05) is 13.1 Å². The first kappa shape index (κ1) is 21.9. The van der Waals surface area contributed by atoms with Crippen molar-refractivity contribution in [2.24, 2.45) is 5.73 Å². The van der Waals surface area contributed by atoms with E-state index in [1.807, 2.05) is 0 Å². The Morgan fingerprint density at radius 3 is 2.08 bits per heavy atom. The Balaban J connectivity index is 3.02. The van der Waals surface area contributed by atoms with Gasteiger partial charge in [-0.05, 0) is 48.0 Å². The number of ether oxygens (including phenoxy) is 2. The molecule has 26 heavy (non-hydrogen) atoms. The van der Waals surface area contributed by atoms with E-state index < -0.39 is 47.9 Å². The molecular formula is C17H29N3O6. The van der Waals surface area contributed by atoms with E-state index in [9.17, 15) is 19.2 Å². The van der Waals surface area contributed by atoms with Gasteiger partial charge in [-0.3, -0.25) is 9.69 Å². The van der Waals surface area contributed by atoms with Crippen molar-refractivity contribution in [1.82, 2.24) is 9.80 Å². The molecular weight excluding hydrogens is 342 g/mol. The normalized spacial score (nSPS) is 20.5. The summed E-state index contributed by atoms with van der Waals surface area (Å²) in [4.78, 5) is 50.5. The van der Waals surface area contributed by atoms with Crippen LogP contribution < -0.4 is 5.73 Å². The third-order valence-electron chi connectivity index (χ3n) is 3.51. The second-order valence-electron chi connectivity index (χ2n) is 8.17. The van der Waals surface area contributed by atoms with Crippen LogP contribution in [0.5, 0.6) is 0 Å². The molecule has 2 N–H and O–H groups in total. The highest BCUT2D eigenvalue weighted by atomic mass is 16.6. The van der Waals surface area contributed by atoms with Gasteiger partial charge in [-0.1, -0.05) is 0 Å². The lowest BCUT2D eigenvalue weighted by molar-refractivity contribution is -0.130. The van der Waals surface area contributed by atoms with Gasteiger partial charge in [0.1, 0.15) is 17.5 Å². The molecule has 9 nitrogen and oxygen atoms in total. The lowest BCUT2D eigenvalue weighted by atomic mass is 10.1. The van der Waals surface area contributed by atoms with E-state index in [-0.39, 0.29) is 13.0 Å². The predicted molar refractivity (Wildman–Crippen MR) is 93.3 cm³/mol. The average Bonchev–Trinajstić information content (AvgIpc) is 2.87. The van der Waals surface area contributed by atoms with Crippen LogP contribution in [0.3, 0.4) is 0 Å². The number of rotatable bonds is 3. The number of carbonyl (C=O) groups is 4. The maximum Gasteiger partial charge on any atom is 0.417 e. The highest BCUT2D eigenvalue weighted by Crippen LogP contribution is 2.25. The first-order chi connectivity index (χ1) is 11.8. The van der Waals surface area contributed by atoms with Crippen LogP contribution >= 0.6 is 0 Å². The zero-order valence-electron chi connectivity index (χ0n) is 16.3. The molecule has 3 amide bonds. The van der Waals surface area contributed by atoms with Crippen LogP contribution in [0.4, 0.5) is 9.59 Å². The van der Waals surface area contributed by atoms with E-state index in [1.54, 1.807) is 41.5 Å². The molecule has 1 saturated heterocycles. The largest absolute Gasteiger partial charge is 0.444 e. The van der Waals surface area contributed by atoms with E-state index in [0.29, 0.717) is 6.29 Å². The van der Waals surface area contributed by atoms with Crippen LogP contribution in [0.2, 0.25) is 0 Å². The summed E-state index contributed by atoms with van der Waals surface area (Å²) in [7, 11) is 0. The van der Waals surface area contributed by atoms with Gasteiger partial charge in [0.2, 0.25) is 5.91 Å². The van der Waals surface area contributed by atoms with Gasteiger partial charge in [0, 0.05) is 6.54 Å². The number of nitrogens with two attached hydrogens (primary N) is 1. The van der Waals surface area contributed by atoms with Gasteiger partial charge in [-0.25, -0.2) is 14.5 Å². The van der Waals surface area contributed by atoms with Gasteiger partial charge in [0.25, 0.3) is 0 Å². The summed E-state index contributed by atoms with van der Waals surface area (Å²) in [5.41, 5.74) is 3.87. The average molecular weight is 371 g/mol. The van der Waals surface area contributed by atoms with Crippen molar-refractivity contribution < 1.29 is 28.7 Å². The topological polar surface area (TPSA) is 119 Å². The number of aldehydes is 1. The Hall–Kier alpha value is -2.16. The molecule has 0 aliphatic carbocycles. The first-order valence-corrected chi connectivity index (χ1v) is 8.49. The van der Waals surface area contributed by atoms with Gasteiger partial charge in [-0.2, -0.15) is 0 Å². The molecule has 0 bridgehead atoms. The highest BCUT2D eigenvalue weighted by molar-refractivity contribution is 5.94. The van der Waals surface area contributed by atoms with Crippen molar-refractivity contribution in [1.29, 1.82) is 0 Å². The smallest absolute Gasteiger partial charge is 0.417 e. The number of hydrogen-bond donors (Lipinski definition) is 1. The fraction of sp³-hybridized carbons (Fsp3) is 0.765. The Morgan fingerprint density at radius 2 is 1.65 bits per heavy atom. The van der Waals surface area contributed by atoms with E-state index >= 15 is 0 Å². The van der Waals surface area contributed by atoms with Gasteiger partial charge in [0.15, 0.2) is 0 Å². The van der Waals surface area contributed by atoms with E-state index in [1.165, 1.54) is 4.90 Å². The molecule has 1 fully saturated rings. The van der Waals surface area contributed by atoms with Gasteiger partial charge in [-0.15, -0.1) is 0 Å². The van der Waals surface area contributed by atoms with Crippen LogP contribution in [0.25, 0.3) is 0 Å². The molecule has 0 aromatic rings. The van der Waals surface area contributed by atoms with Gasteiger partial charge < -0.3 is 20.0 Å². The molecule has 0 unspecified atom stereocenters. The van der Waals surface area contributed by atoms with Crippen LogP contribution in [-0.4, -0.2) is 70.6 Å². The predicted octanol–water partition coefficient (Wildman–Crippen LogP) is 1.29. The van der Waals surface area contributed by atoms with Crippen LogP contribution in [0.15, 0.2) is 0 Å². The molecule has 9 heteroatoms. The number of imide groups is 1. The standard InChI is InChI=1S/C17H29N3O6/c1-16(2,3)25-14(23)19-9-11(7-12(19)10-21)20(13(22)8-18)15(24)26-17(4,5)6/h10-12H,7-9,18H2,1-6H3/t11-,12+/m1/s1. The second kappa shape index (κ2) is 8.03. The third kappa shape index (κ3) is 5.98. The van der Waals surface area contributed by atoms with Crippen molar-refractivity contribution >= 4 is 24.4 Å². The lowest BCUT2D eigenvalue weighted by Gasteiger charge is -2.30. The van der Waals surface area contributed by atoms with Crippen molar-refractivity contribution in [3.63, 3.8) is 0 Å². The third-order valence-corrected chi connectivity index (χ3v) is 3.51. The second-order valence-corrected chi connectivity index (χ2v) is 8.17. The minimum absolute atomic E-state index is 0.0245. The Morgan fingerprint density at radius 1 is 1.12 bits per heavy atom. The fourth-order valence-electron chi connectivity index (χ4n) is 2.55. The number of carbonyl (C=O) groups excluding carboxylic acids is 4. The molecule has 1 aliphatic heterocycles. The SMILES string of the molecule is CC(C)(C)OC(=O)N1C[C@H](N(C(=O)CN)C(=O)OC(C)(C)C)C[C@H]1C=O. The van der Waals surface area contributed by atoms with Crippen molar-refractivity contribution in [3.8, 4) is 0 Å². The van der Waals surface area contributed by atoms with E-state index in [2.05, 4.69) is 0 Å². The maximum atomic E-state index is 12.5. The molecule has 148 valence electrons. The summed E-state index contributed by atoms with van der Waals surface area (Å²) in [6.45, 7) is 9.72. The molecule has 0 radical (unpaired) electrons. The Bertz CT molecular complexity index is 564. The molecule has 0 saturated carbocycles. The van der Waals surface area contributed by atoms with Crippen molar-refractivity contribution in [2.45, 2.75) is 71.2 Å². The first-order valence-electron chi connectivity index (χ1n) is 8.49. The van der Waals surface area contributed by atoms with Gasteiger partial charge >= 0.3 is 12.2 Å². The van der Waals surface area contributed by atoms with E-state index in [4.69, 9.17) is 15.2 Å². The Labute approximate surface area is 153 Å². The fourth-order valence-corrected chi connectivity index (χ4v) is 2.55. The van der Waals surface area contributed by atoms with Crippen LogP contribution in [-0.2, 0) is 19.1 Å². The number of amides is 3. The zero-order chi connectivity index (χ0) is 20.3. The van der Waals surface area contributed by atoms with Crippen molar-refractivity contribution in [3.05, 3.63) is 0 Å². The molecule has 0 aromatic carbocycles. The van der Waals surface area contributed by atoms with Crippen LogP contribution in [0.1, 0.15) is 48.0 Å². The van der Waals surface area contributed by atoms with E-state index in [0.717, 1.165) is 4.90 Å². The monoisotopic (exact) mass is 371 g/mol. The molecule has 0 spiro atoms. The summed E-state index contributed by atoms with van der Waals surface area (Å²) < 4.78 is 10.6.